The monoisotopic (exact) mass is 374 g/mol. The van der Waals surface area contributed by atoms with E-state index < -0.39 is 5.97 Å². The molecule has 0 aromatic rings. The van der Waals surface area contributed by atoms with Gasteiger partial charge in [0.1, 0.15) is 5.78 Å². The number of Topliss-reactive ketones (excluding diaryl/α,β-unsaturated/α-hetero) is 1. The SMILES string of the molecule is CCCCCCCC(=O)/C=C/C1CCC(=O)C1CC#CCCCCC(=O)O. The third kappa shape index (κ3) is 10.8. The van der Waals surface area contributed by atoms with Gasteiger partial charge in [-0.15, -0.1) is 11.8 Å². The first-order valence-electron chi connectivity index (χ1n) is 10.5. The minimum atomic E-state index is -0.773. The van der Waals surface area contributed by atoms with Crippen LogP contribution in [0.3, 0.4) is 0 Å². The molecule has 2 atom stereocenters. The molecule has 150 valence electrons. The summed E-state index contributed by atoms with van der Waals surface area (Å²) in [5.41, 5.74) is 0. The molecular formula is C23H34O4. The van der Waals surface area contributed by atoms with Gasteiger partial charge in [0.15, 0.2) is 5.78 Å². The number of unbranched alkanes of at least 4 members (excludes halogenated alkanes) is 6. The summed E-state index contributed by atoms with van der Waals surface area (Å²) in [5, 5.41) is 8.59. The van der Waals surface area contributed by atoms with Crippen LogP contribution in [0.2, 0.25) is 0 Å². The molecule has 2 unspecified atom stereocenters. The van der Waals surface area contributed by atoms with E-state index in [0.29, 0.717) is 32.1 Å². The number of carboxylic acid groups (broad SMARTS) is 1. The molecule has 4 heteroatoms. The van der Waals surface area contributed by atoms with Crippen molar-refractivity contribution in [2.45, 2.75) is 90.4 Å². The molecule has 4 nitrogen and oxygen atoms in total. The Morgan fingerprint density at radius 1 is 1.07 bits per heavy atom. The molecule has 0 radical (unpaired) electrons. The number of carbonyl (C=O) groups excluding carboxylic acids is 2. The lowest BCUT2D eigenvalue weighted by atomic mass is 9.91. The molecule has 1 aliphatic rings. The molecule has 1 saturated carbocycles. The number of carboxylic acids is 1. The van der Waals surface area contributed by atoms with Crippen LogP contribution in [0.15, 0.2) is 12.2 Å². The normalized spacial score (nSPS) is 19.2. The molecule has 0 bridgehead atoms. The lowest BCUT2D eigenvalue weighted by Gasteiger charge is -2.11. The van der Waals surface area contributed by atoms with Gasteiger partial charge >= 0.3 is 5.97 Å². The zero-order valence-corrected chi connectivity index (χ0v) is 16.7. The molecule has 1 aliphatic carbocycles. The van der Waals surface area contributed by atoms with Crippen molar-refractivity contribution in [1.29, 1.82) is 0 Å². The summed E-state index contributed by atoms with van der Waals surface area (Å²) in [6.45, 7) is 2.18. The van der Waals surface area contributed by atoms with Crippen LogP contribution >= 0.6 is 0 Å². The topological polar surface area (TPSA) is 71.4 Å². The van der Waals surface area contributed by atoms with Gasteiger partial charge in [-0.2, -0.15) is 0 Å². The van der Waals surface area contributed by atoms with E-state index in [2.05, 4.69) is 18.8 Å². The van der Waals surface area contributed by atoms with Crippen molar-refractivity contribution >= 4 is 17.5 Å². The zero-order valence-electron chi connectivity index (χ0n) is 16.7. The number of aliphatic carboxylic acids is 1. The smallest absolute Gasteiger partial charge is 0.303 e. The van der Waals surface area contributed by atoms with Gasteiger partial charge < -0.3 is 5.11 Å². The highest BCUT2D eigenvalue weighted by Gasteiger charge is 2.32. The lowest BCUT2D eigenvalue weighted by molar-refractivity contribution is -0.137. The Morgan fingerprint density at radius 2 is 1.81 bits per heavy atom. The molecule has 1 rings (SSSR count). The first-order chi connectivity index (χ1) is 13.0. The highest BCUT2D eigenvalue weighted by molar-refractivity contribution is 5.90. The maximum absolute atomic E-state index is 12.1. The molecule has 27 heavy (non-hydrogen) atoms. The molecule has 0 heterocycles. The van der Waals surface area contributed by atoms with E-state index in [1.54, 1.807) is 6.08 Å². The van der Waals surface area contributed by atoms with E-state index in [1.807, 2.05) is 6.08 Å². The van der Waals surface area contributed by atoms with Crippen LogP contribution in [0.25, 0.3) is 0 Å². The Kier molecular flexibility index (Phi) is 12.2. The summed E-state index contributed by atoms with van der Waals surface area (Å²) in [6.07, 6.45) is 14.1. The minimum absolute atomic E-state index is 0.0925. The van der Waals surface area contributed by atoms with Gasteiger partial charge in [-0.25, -0.2) is 0 Å². The van der Waals surface area contributed by atoms with Crippen LogP contribution in [0.5, 0.6) is 0 Å². The molecule has 0 spiro atoms. The van der Waals surface area contributed by atoms with Crippen molar-refractivity contribution < 1.29 is 19.5 Å². The van der Waals surface area contributed by atoms with E-state index in [9.17, 15) is 14.4 Å². The number of carbonyl (C=O) groups is 3. The van der Waals surface area contributed by atoms with E-state index in [4.69, 9.17) is 5.11 Å². The summed E-state index contributed by atoms with van der Waals surface area (Å²) < 4.78 is 0. The first kappa shape index (κ1) is 23.1. The number of hydrogen-bond donors (Lipinski definition) is 1. The Balaban J connectivity index is 2.32. The van der Waals surface area contributed by atoms with Crippen LogP contribution in [0.1, 0.15) is 90.4 Å². The standard InChI is InChI=1S/C23H34O4/c1-2-3-4-6-9-12-20(24)17-15-19-16-18-22(25)21(19)13-10-7-5-8-11-14-23(26)27/h15,17,19,21H,2-6,8-9,11-14,16,18H2,1H3,(H,26,27)/b17-15+. The van der Waals surface area contributed by atoms with E-state index >= 15 is 0 Å². The molecular weight excluding hydrogens is 340 g/mol. The van der Waals surface area contributed by atoms with E-state index in [-0.39, 0.29) is 29.8 Å². The fraction of sp³-hybridized carbons (Fsp3) is 0.696. The average molecular weight is 375 g/mol. The zero-order chi connectivity index (χ0) is 19.9. The van der Waals surface area contributed by atoms with Gasteiger partial charge in [0.05, 0.1) is 0 Å². The van der Waals surface area contributed by atoms with Crippen molar-refractivity contribution in [3.63, 3.8) is 0 Å². The van der Waals surface area contributed by atoms with Crippen molar-refractivity contribution in [1.82, 2.24) is 0 Å². The number of hydrogen-bond acceptors (Lipinski definition) is 3. The van der Waals surface area contributed by atoms with Crippen LogP contribution in [0, 0.1) is 23.7 Å². The Labute approximate surface area is 163 Å². The minimum Gasteiger partial charge on any atom is -0.481 e. The van der Waals surface area contributed by atoms with Gasteiger partial charge in [0.25, 0.3) is 0 Å². The van der Waals surface area contributed by atoms with Gasteiger partial charge in [-0.05, 0) is 37.7 Å². The molecule has 0 amide bonds. The maximum atomic E-state index is 12.1. The molecule has 0 aromatic heterocycles. The van der Waals surface area contributed by atoms with Crippen LogP contribution < -0.4 is 0 Å². The van der Waals surface area contributed by atoms with Crippen molar-refractivity contribution in [3.05, 3.63) is 12.2 Å². The summed E-state index contributed by atoms with van der Waals surface area (Å²) in [6, 6.07) is 0. The summed E-state index contributed by atoms with van der Waals surface area (Å²) in [7, 11) is 0. The molecule has 0 saturated heterocycles. The largest absolute Gasteiger partial charge is 0.481 e. The second-order valence-electron chi connectivity index (χ2n) is 7.42. The van der Waals surface area contributed by atoms with Crippen LogP contribution in [0.4, 0.5) is 0 Å². The lowest BCUT2D eigenvalue weighted by Crippen LogP contribution is -2.12. The Hall–Kier alpha value is -1.89. The molecule has 1 fully saturated rings. The third-order valence-electron chi connectivity index (χ3n) is 5.10. The average Bonchev–Trinajstić information content (AvgIpc) is 2.98. The van der Waals surface area contributed by atoms with Crippen LogP contribution in [-0.4, -0.2) is 22.6 Å². The second kappa shape index (κ2) is 14.2. The highest BCUT2D eigenvalue weighted by Crippen LogP contribution is 2.32. The van der Waals surface area contributed by atoms with E-state index in [0.717, 1.165) is 25.7 Å². The molecule has 0 aliphatic heterocycles. The third-order valence-corrected chi connectivity index (χ3v) is 5.10. The predicted octanol–water partition coefficient (Wildman–Crippen LogP) is 5.11. The van der Waals surface area contributed by atoms with Gasteiger partial charge in [0, 0.05) is 38.0 Å². The number of rotatable bonds is 13. The maximum Gasteiger partial charge on any atom is 0.303 e. The fourth-order valence-electron chi connectivity index (χ4n) is 3.41. The summed E-state index contributed by atoms with van der Waals surface area (Å²) in [5.74, 6) is 5.80. The van der Waals surface area contributed by atoms with Crippen molar-refractivity contribution in [3.8, 4) is 11.8 Å². The summed E-state index contributed by atoms with van der Waals surface area (Å²) >= 11 is 0. The van der Waals surface area contributed by atoms with Crippen LogP contribution in [-0.2, 0) is 14.4 Å². The Bertz CT molecular complexity index is 565. The number of allylic oxidation sites excluding steroid dienone is 2. The van der Waals surface area contributed by atoms with Crippen molar-refractivity contribution in [2.75, 3.05) is 0 Å². The fourth-order valence-corrected chi connectivity index (χ4v) is 3.41. The number of ketones is 2. The predicted molar refractivity (Wildman–Crippen MR) is 107 cm³/mol. The second-order valence-corrected chi connectivity index (χ2v) is 7.42. The highest BCUT2D eigenvalue weighted by atomic mass is 16.4. The molecule has 1 N–H and O–H groups in total. The first-order valence-corrected chi connectivity index (χ1v) is 10.5. The molecule has 0 aromatic carbocycles. The van der Waals surface area contributed by atoms with Gasteiger partial charge in [0.2, 0.25) is 0 Å². The quantitative estimate of drug-likeness (QED) is 0.276. The van der Waals surface area contributed by atoms with Gasteiger partial charge in [-0.3, -0.25) is 14.4 Å². The van der Waals surface area contributed by atoms with Gasteiger partial charge in [-0.1, -0.05) is 38.7 Å². The summed E-state index contributed by atoms with van der Waals surface area (Å²) in [4.78, 5) is 34.5. The Morgan fingerprint density at radius 3 is 2.56 bits per heavy atom. The van der Waals surface area contributed by atoms with Crippen molar-refractivity contribution in [2.24, 2.45) is 11.8 Å². The van der Waals surface area contributed by atoms with E-state index in [1.165, 1.54) is 19.3 Å².